The second-order valence-electron chi connectivity index (χ2n) is 3.93. The van der Waals surface area contributed by atoms with Crippen LogP contribution in [0.2, 0.25) is 15.1 Å². The van der Waals surface area contributed by atoms with Gasteiger partial charge in [0.15, 0.2) is 0 Å². The van der Waals surface area contributed by atoms with Gasteiger partial charge in [0.2, 0.25) is 0 Å². The molecule has 18 heavy (non-hydrogen) atoms. The highest BCUT2D eigenvalue weighted by atomic mass is 35.5. The Labute approximate surface area is 123 Å². The van der Waals surface area contributed by atoms with Crippen molar-refractivity contribution in [2.24, 2.45) is 0 Å². The number of rotatable bonds is 1. The number of fused-ring (bicyclic) bond motifs is 1. The van der Waals surface area contributed by atoms with E-state index in [9.17, 15) is 0 Å². The van der Waals surface area contributed by atoms with E-state index >= 15 is 0 Å². The van der Waals surface area contributed by atoms with Gasteiger partial charge in [-0.05, 0) is 30.0 Å². The molecule has 0 saturated heterocycles. The van der Waals surface area contributed by atoms with Gasteiger partial charge in [0, 0.05) is 0 Å². The first-order valence-corrected chi connectivity index (χ1v) is 7.16. The minimum absolute atomic E-state index is 0.496. The molecule has 3 rings (SSSR count). The van der Waals surface area contributed by atoms with Gasteiger partial charge in [-0.3, -0.25) is 0 Å². The van der Waals surface area contributed by atoms with Crippen LogP contribution in [-0.2, 0) is 0 Å². The molecule has 0 aliphatic rings. The maximum atomic E-state index is 6.23. The van der Waals surface area contributed by atoms with Gasteiger partial charge in [-0.15, -0.1) is 11.3 Å². The van der Waals surface area contributed by atoms with E-state index in [1.54, 1.807) is 23.5 Å². The summed E-state index contributed by atoms with van der Waals surface area (Å²) in [6, 6.07) is 3.51. The van der Waals surface area contributed by atoms with Crippen LogP contribution < -0.4 is 0 Å². The number of aryl methyl sites for hydroxylation is 1. The number of nitrogens with one attached hydrogen (secondary N) is 1. The summed E-state index contributed by atoms with van der Waals surface area (Å²) in [6.07, 6.45) is 0. The number of hydrogen-bond donors (Lipinski definition) is 1. The molecule has 2 nitrogen and oxygen atoms in total. The van der Waals surface area contributed by atoms with Crippen molar-refractivity contribution >= 4 is 57.2 Å². The number of imidazole rings is 1. The maximum absolute atomic E-state index is 6.23. The predicted octanol–water partition coefficient (Wildman–Crippen LogP) is 5.56. The molecule has 2 aromatic heterocycles. The monoisotopic (exact) mass is 316 g/mol. The Balaban J connectivity index is 2.22. The van der Waals surface area contributed by atoms with Crippen LogP contribution in [0.3, 0.4) is 0 Å². The standard InChI is InChI=1S/C12H7Cl3N2S/c1-5-4-18-11(10(5)15)12-16-8-2-6(13)7(14)3-9(8)17-12/h2-4H,1H3,(H,16,17). The van der Waals surface area contributed by atoms with E-state index in [-0.39, 0.29) is 0 Å². The number of hydrogen-bond acceptors (Lipinski definition) is 2. The van der Waals surface area contributed by atoms with E-state index in [0.29, 0.717) is 10.0 Å². The predicted molar refractivity (Wildman–Crippen MR) is 79.2 cm³/mol. The van der Waals surface area contributed by atoms with Gasteiger partial charge in [-0.1, -0.05) is 34.8 Å². The second kappa shape index (κ2) is 4.42. The Morgan fingerprint density at radius 1 is 1.17 bits per heavy atom. The van der Waals surface area contributed by atoms with Crippen molar-refractivity contribution < 1.29 is 0 Å². The van der Waals surface area contributed by atoms with E-state index in [4.69, 9.17) is 34.8 Å². The summed E-state index contributed by atoms with van der Waals surface area (Å²) in [5.41, 5.74) is 2.68. The van der Waals surface area contributed by atoms with Crippen molar-refractivity contribution in [1.82, 2.24) is 9.97 Å². The van der Waals surface area contributed by atoms with E-state index in [0.717, 1.165) is 32.3 Å². The fraction of sp³-hybridized carbons (Fsp3) is 0.0833. The molecular weight excluding hydrogens is 311 g/mol. The Morgan fingerprint density at radius 3 is 2.56 bits per heavy atom. The fourth-order valence-corrected chi connectivity index (χ4v) is 3.25. The van der Waals surface area contributed by atoms with Crippen LogP contribution in [0.5, 0.6) is 0 Å². The highest BCUT2D eigenvalue weighted by Gasteiger charge is 2.13. The average Bonchev–Trinajstić information content (AvgIpc) is 2.85. The van der Waals surface area contributed by atoms with Crippen molar-refractivity contribution in [2.75, 3.05) is 0 Å². The molecule has 0 bridgehead atoms. The topological polar surface area (TPSA) is 28.7 Å². The molecule has 0 fully saturated rings. The fourth-order valence-electron chi connectivity index (χ4n) is 1.70. The van der Waals surface area contributed by atoms with Crippen LogP contribution in [0.1, 0.15) is 5.56 Å². The SMILES string of the molecule is Cc1csc(-c2nc3cc(Cl)c(Cl)cc3[nH]2)c1Cl. The van der Waals surface area contributed by atoms with Crippen LogP contribution in [0.4, 0.5) is 0 Å². The zero-order chi connectivity index (χ0) is 12.9. The minimum atomic E-state index is 0.496. The minimum Gasteiger partial charge on any atom is -0.337 e. The van der Waals surface area contributed by atoms with Gasteiger partial charge in [0.25, 0.3) is 0 Å². The Bertz CT molecular complexity index is 706. The molecule has 0 radical (unpaired) electrons. The summed E-state index contributed by atoms with van der Waals surface area (Å²) < 4.78 is 0. The normalized spacial score (nSPS) is 11.3. The van der Waals surface area contributed by atoms with Gasteiger partial charge >= 0.3 is 0 Å². The average molecular weight is 318 g/mol. The first kappa shape index (κ1) is 12.3. The van der Waals surface area contributed by atoms with E-state index in [2.05, 4.69) is 9.97 Å². The molecule has 1 N–H and O–H groups in total. The quantitative estimate of drug-likeness (QED) is 0.625. The third-order valence-electron chi connectivity index (χ3n) is 2.64. The summed E-state index contributed by atoms with van der Waals surface area (Å²) in [5.74, 6) is 0.742. The number of benzene rings is 1. The molecule has 1 aromatic carbocycles. The molecule has 6 heteroatoms. The smallest absolute Gasteiger partial charge is 0.150 e. The van der Waals surface area contributed by atoms with E-state index in [1.807, 2.05) is 12.3 Å². The molecule has 0 unspecified atom stereocenters. The molecule has 0 aliphatic carbocycles. The van der Waals surface area contributed by atoms with Gasteiger partial charge < -0.3 is 4.98 Å². The Kier molecular flexibility index (Phi) is 3.02. The lowest BCUT2D eigenvalue weighted by molar-refractivity contribution is 1.35. The number of halogens is 3. The molecular formula is C12H7Cl3N2S. The summed E-state index contributed by atoms with van der Waals surface area (Å²) in [4.78, 5) is 8.62. The van der Waals surface area contributed by atoms with Crippen molar-refractivity contribution in [3.63, 3.8) is 0 Å². The van der Waals surface area contributed by atoms with E-state index in [1.165, 1.54) is 0 Å². The molecule has 92 valence electrons. The molecule has 0 aliphatic heterocycles. The number of H-pyrrole nitrogens is 1. The third kappa shape index (κ3) is 1.91. The van der Waals surface area contributed by atoms with E-state index < -0.39 is 0 Å². The van der Waals surface area contributed by atoms with Crippen molar-refractivity contribution in [3.05, 3.63) is 38.1 Å². The van der Waals surface area contributed by atoms with Crippen LogP contribution >= 0.6 is 46.1 Å². The van der Waals surface area contributed by atoms with Crippen molar-refractivity contribution in [2.45, 2.75) is 6.92 Å². The number of thiophene rings is 1. The zero-order valence-electron chi connectivity index (χ0n) is 9.22. The first-order chi connectivity index (χ1) is 8.56. The van der Waals surface area contributed by atoms with Crippen LogP contribution in [0, 0.1) is 6.92 Å². The van der Waals surface area contributed by atoms with Crippen LogP contribution in [0.15, 0.2) is 17.5 Å². The number of aromatic amines is 1. The van der Waals surface area contributed by atoms with Gasteiger partial charge in [-0.2, -0.15) is 0 Å². The Hall–Kier alpha value is -0.740. The lowest BCUT2D eigenvalue weighted by Crippen LogP contribution is -1.76. The summed E-state index contributed by atoms with van der Waals surface area (Å²) in [6.45, 7) is 1.97. The molecule has 0 atom stereocenters. The molecule has 0 amide bonds. The lowest BCUT2D eigenvalue weighted by Gasteiger charge is -1.93. The number of nitrogens with zero attached hydrogens (tertiary/aromatic N) is 1. The van der Waals surface area contributed by atoms with Crippen molar-refractivity contribution in [1.29, 1.82) is 0 Å². The van der Waals surface area contributed by atoms with Crippen LogP contribution in [0.25, 0.3) is 21.7 Å². The highest BCUT2D eigenvalue weighted by molar-refractivity contribution is 7.14. The summed E-state index contributed by atoms with van der Waals surface area (Å²) in [7, 11) is 0. The van der Waals surface area contributed by atoms with Gasteiger partial charge in [0.1, 0.15) is 5.82 Å². The van der Waals surface area contributed by atoms with Crippen molar-refractivity contribution in [3.8, 4) is 10.7 Å². The molecule has 2 heterocycles. The van der Waals surface area contributed by atoms with Gasteiger partial charge in [-0.25, -0.2) is 4.98 Å². The Morgan fingerprint density at radius 2 is 1.89 bits per heavy atom. The zero-order valence-corrected chi connectivity index (χ0v) is 12.3. The largest absolute Gasteiger partial charge is 0.337 e. The van der Waals surface area contributed by atoms with Crippen LogP contribution in [-0.4, -0.2) is 9.97 Å². The van der Waals surface area contributed by atoms with Gasteiger partial charge in [0.05, 0.1) is 31.0 Å². The first-order valence-electron chi connectivity index (χ1n) is 5.15. The lowest BCUT2D eigenvalue weighted by atomic mass is 10.3. The highest BCUT2D eigenvalue weighted by Crippen LogP contribution is 2.36. The maximum Gasteiger partial charge on any atom is 0.150 e. The molecule has 0 spiro atoms. The number of aromatic nitrogens is 2. The molecule has 3 aromatic rings. The summed E-state index contributed by atoms with van der Waals surface area (Å²) in [5, 5.41) is 3.74. The third-order valence-corrected chi connectivity index (χ3v) is 5.06. The summed E-state index contributed by atoms with van der Waals surface area (Å²) >= 11 is 19.7. The second-order valence-corrected chi connectivity index (χ2v) is 6.00. The molecule has 0 saturated carbocycles.